The summed E-state index contributed by atoms with van der Waals surface area (Å²) >= 11 is 0. The molecule has 1 fully saturated rings. The second-order valence-corrected chi connectivity index (χ2v) is 6.51. The Bertz CT molecular complexity index is 854. The van der Waals surface area contributed by atoms with Crippen molar-refractivity contribution in [3.05, 3.63) is 59.4 Å². The van der Waals surface area contributed by atoms with Gasteiger partial charge in [-0.05, 0) is 43.2 Å². The number of carbonyl (C=O) groups is 1. The van der Waals surface area contributed by atoms with E-state index in [4.69, 9.17) is 25.5 Å². The number of nitrogens with one attached hydrogen (secondary N) is 1. The highest BCUT2D eigenvalue weighted by atomic mass is 16.5. The maximum Gasteiger partial charge on any atom is 0.339 e. The molecule has 7 heteroatoms. The lowest BCUT2D eigenvalue weighted by Gasteiger charge is -2.22. The van der Waals surface area contributed by atoms with Gasteiger partial charge in [0.15, 0.2) is 5.69 Å². The Morgan fingerprint density at radius 1 is 1.17 bits per heavy atom. The van der Waals surface area contributed by atoms with Crippen LogP contribution in [-0.2, 0) is 14.2 Å². The number of rotatable bonds is 8. The number of hydrogen-bond donors (Lipinski definition) is 1. The van der Waals surface area contributed by atoms with Gasteiger partial charge in [-0.1, -0.05) is 12.1 Å². The molecule has 29 heavy (non-hydrogen) atoms. The first-order valence-corrected chi connectivity index (χ1v) is 9.48. The summed E-state index contributed by atoms with van der Waals surface area (Å²) in [4.78, 5) is 15.4. The van der Waals surface area contributed by atoms with Crippen molar-refractivity contribution in [3.63, 3.8) is 0 Å². The molecule has 0 aromatic heterocycles. The molecule has 1 saturated heterocycles. The van der Waals surface area contributed by atoms with Crippen LogP contribution in [0.1, 0.15) is 23.2 Å². The lowest BCUT2D eigenvalue weighted by atomic mass is 10.1. The zero-order valence-corrected chi connectivity index (χ0v) is 16.3. The van der Waals surface area contributed by atoms with Crippen LogP contribution in [0.2, 0.25) is 0 Å². The number of carbonyl (C=O) groups excluding carboxylic acids is 1. The highest BCUT2D eigenvalue weighted by Gasteiger charge is 2.14. The predicted octanol–water partition coefficient (Wildman–Crippen LogP) is 4.34. The second kappa shape index (κ2) is 10.5. The summed E-state index contributed by atoms with van der Waals surface area (Å²) in [5.41, 5.74) is 2.09. The van der Waals surface area contributed by atoms with E-state index in [1.807, 2.05) is 24.3 Å². The van der Waals surface area contributed by atoms with Crippen LogP contribution in [-0.4, -0.2) is 45.6 Å². The van der Waals surface area contributed by atoms with Gasteiger partial charge in [0.2, 0.25) is 0 Å². The molecule has 152 valence electrons. The Morgan fingerprint density at radius 2 is 1.93 bits per heavy atom. The summed E-state index contributed by atoms with van der Waals surface area (Å²) in [5, 5.41) is 3.16. The van der Waals surface area contributed by atoms with E-state index >= 15 is 0 Å². The van der Waals surface area contributed by atoms with Gasteiger partial charge >= 0.3 is 5.97 Å². The summed E-state index contributed by atoms with van der Waals surface area (Å²) in [6.07, 6.45) is 2.12. The molecule has 0 atom stereocenters. The van der Waals surface area contributed by atoms with E-state index in [0.29, 0.717) is 30.2 Å². The monoisotopic (exact) mass is 396 g/mol. The number of methoxy groups -OCH3 is 1. The fourth-order valence-electron chi connectivity index (χ4n) is 3.00. The number of nitrogens with zero attached hydrogens (tertiary/aromatic N) is 1. The van der Waals surface area contributed by atoms with E-state index in [0.717, 1.165) is 37.5 Å². The zero-order chi connectivity index (χ0) is 20.5. The first-order valence-electron chi connectivity index (χ1n) is 9.48. The van der Waals surface area contributed by atoms with E-state index < -0.39 is 5.97 Å². The third-order valence-corrected chi connectivity index (χ3v) is 4.54. The molecule has 0 amide bonds. The number of hydrogen-bond acceptors (Lipinski definition) is 6. The average molecular weight is 396 g/mol. The lowest BCUT2D eigenvalue weighted by Crippen LogP contribution is -2.25. The minimum atomic E-state index is -0.464. The van der Waals surface area contributed by atoms with Gasteiger partial charge in [0.05, 0.1) is 32.0 Å². The third kappa shape index (κ3) is 5.95. The van der Waals surface area contributed by atoms with Crippen LogP contribution < -0.4 is 10.1 Å². The van der Waals surface area contributed by atoms with Gasteiger partial charge in [0, 0.05) is 24.6 Å². The summed E-state index contributed by atoms with van der Waals surface area (Å²) < 4.78 is 21.6. The SMILES string of the molecule is [C-]#[N+]c1ccc(C(=O)OC)c(Nc2ccc(OCCOC3CCOCC3)cc2)c1. The van der Waals surface area contributed by atoms with Gasteiger partial charge in [0.25, 0.3) is 0 Å². The van der Waals surface area contributed by atoms with E-state index in [-0.39, 0.29) is 6.10 Å². The van der Waals surface area contributed by atoms with Gasteiger partial charge in [-0.25, -0.2) is 9.64 Å². The van der Waals surface area contributed by atoms with Gasteiger partial charge in [-0.2, -0.15) is 0 Å². The molecule has 0 spiro atoms. The summed E-state index contributed by atoms with van der Waals surface area (Å²) in [7, 11) is 1.33. The Morgan fingerprint density at radius 3 is 2.62 bits per heavy atom. The van der Waals surface area contributed by atoms with Crippen LogP contribution in [0.3, 0.4) is 0 Å². The molecule has 3 rings (SSSR count). The molecule has 0 radical (unpaired) electrons. The Balaban J connectivity index is 1.55. The third-order valence-electron chi connectivity index (χ3n) is 4.54. The summed E-state index contributed by atoms with van der Waals surface area (Å²) in [6.45, 7) is 9.70. The molecule has 1 aliphatic rings. The summed E-state index contributed by atoms with van der Waals surface area (Å²) in [6, 6.07) is 12.2. The van der Waals surface area contributed by atoms with E-state index in [2.05, 4.69) is 10.2 Å². The minimum absolute atomic E-state index is 0.258. The van der Waals surface area contributed by atoms with Crippen LogP contribution in [0.25, 0.3) is 4.85 Å². The van der Waals surface area contributed by atoms with Crippen LogP contribution in [0.5, 0.6) is 5.75 Å². The van der Waals surface area contributed by atoms with Crippen LogP contribution >= 0.6 is 0 Å². The van der Waals surface area contributed by atoms with E-state index in [1.165, 1.54) is 7.11 Å². The van der Waals surface area contributed by atoms with Crippen molar-refractivity contribution >= 4 is 23.0 Å². The number of benzene rings is 2. The van der Waals surface area contributed by atoms with Crippen molar-refractivity contribution < 1.29 is 23.7 Å². The van der Waals surface area contributed by atoms with Crippen molar-refractivity contribution in [3.8, 4) is 5.75 Å². The second-order valence-electron chi connectivity index (χ2n) is 6.51. The number of ether oxygens (including phenoxy) is 4. The molecule has 0 saturated carbocycles. The van der Waals surface area contributed by atoms with Crippen molar-refractivity contribution in [1.29, 1.82) is 0 Å². The molecule has 0 aliphatic carbocycles. The maximum atomic E-state index is 12.0. The topological polar surface area (TPSA) is 70.4 Å². The van der Waals surface area contributed by atoms with E-state index in [1.54, 1.807) is 18.2 Å². The normalized spacial score (nSPS) is 14.1. The fraction of sp³-hybridized carbons (Fsp3) is 0.364. The maximum absolute atomic E-state index is 12.0. The molecule has 2 aromatic carbocycles. The Hall–Kier alpha value is -3.08. The standard InChI is InChI=1S/C22H24N2O5/c1-23-17-5-8-20(22(25)26-2)21(15-17)24-16-3-6-18(7-4-16)28-13-14-29-19-9-11-27-12-10-19/h3-8,15,19,24H,9-14H2,2H3. The van der Waals surface area contributed by atoms with Gasteiger partial charge in [-0.15, -0.1) is 0 Å². The van der Waals surface area contributed by atoms with Gasteiger partial charge in [-0.3, -0.25) is 0 Å². The molecule has 0 bridgehead atoms. The Labute approximate surface area is 170 Å². The minimum Gasteiger partial charge on any atom is -0.491 e. The molecule has 7 nitrogen and oxygen atoms in total. The first-order chi connectivity index (χ1) is 14.2. The van der Waals surface area contributed by atoms with Gasteiger partial charge in [0.1, 0.15) is 12.4 Å². The van der Waals surface area contributed by atoms with Crippen LogP contribution in [0.15, 0.2) is 42.5 Å². The average Bonchev–Trinajstić information content (AvgIpc) is 2.78. The molecular weight excluding hydrogens is 372 g/mol. The number of anilines is 2. The molecule has 2 aromatic rings. The Kier molecular flexibility index (Phi) is 7.45. The lowest BCUT2D eigenvalue weighted by molar-refractivity contribution is -0.0388. The van der Waals surface area contributed by atoms with Crippen molar-refractivity contribution in [2.75, 3.05) is 38.9 Å². The first kappa shape index (κ1) is 20.6. The van der Waals surface area contributed by atoms with Gasteiger partial charge < -0.3 is 24.3 Å². The molecule has 0 unspecified atom stereocenters. The number of esters is 1. The molecule has 1 N–H and O–H groups in total. The highest BCUT2D eigenvalue weighted by Crippen LogP contribution is 2.28. The van der Waals surface area contributed by atoms with E-state index in [9.17, 15) is 4.79 Å². The van der Waals surface area contributed by atoms with Crippen LogP contribution in [0.4, 0.5) is 17.1 Å². The van der Waals surface area contributed by atoms with Crippen molar-refractivity contribution in [2.24, 2.45) is 0 Å². The molecular formula is C22H24N2O5. The zero-order valence-electron chi connectivity index (χ0n) is 16.3. The summed E-state index contributed by atoms with van der Waals surface area (Å²) in [5.74, 6) is 0.266. The fourth-order valence-corrected chi connectivity index (χ4v) is 3.00. The molecule has 1 heterocycles. The smallest absolute Gasteiger partial charge is 0.339 e. The highest BCUT2D eigenvalue weighted by molar-refractivity contribution is 5.97. The van der Waals surface area contributed by atoms with Crippen LogP contribution in [0, 0.1) is 6.57 Å². The van der Waals surface area contributed by atoms with Crippen molar-refractivity contribution in [2.45, 2.75) is 18.9 Å². The van der Waals surface area contributed by atoms with Crippen molar-refractivity contribution in [1.82, 2.24) is 0 Å². The predicted molar refractivity (Wildman–Crippen MR) is 109 cm³/mol. The quantitative estimate of drug-likeness (QED) is 0.407. The molecule has 1 aliphatic heterocycles. The largest absolute Gasteiger partial charge is 0.491 e.